The van der Waals surface area contributed by atoms with Gasteiger partial charge in [-0.25, -0.2) is 9.97 Å². The molecule has 0 unspecified atom stereocenters. The van der Waals surface area contributed by atoms with Gasteiger partial charge in [0.05, 0.1) is 22.9 Å². The lowest BCUT2D eigenvalue weighted by Gasteiger charge is -2.12. The fraction of sp³-hybridized carbons (Fsp3) is 0.185. The SMILES string of the molecule is O=C(NC1CC1)c1ccc(-c2cnc3c(NCCc4cccnc4)nc4ccccc4n23)cc1. The predicted octanol–water partition coefficient (Wildman–Crippen LogP) is 4.49. The molecule has 0 radical (unpaired) electrons. The Hall–Kier alpha value is -4.26. The maximum Gasteiger partial charge on any atom is 0.251 e. The molecular weight excluding hydrogens is 424 g/mol. The lowest BCUT2D eigenvalue weighted by Crippen LogP contribution is -2.25. The topological polar surface area (TPSA) is 84.2 Å². The molecule has 34 heavy (non-hydrogen) atoms. The zero-order chi connectivity index (χ0) is 22.9. The lowest BCUT2D eigenvalue weighted by molar-refractivity contribution is 0.0951. The second-order valence-electron chi connectivity index (χ2n) is 8.61. The number of rotatable bonds is 7. The van der Waals surface area contributed by atoms with Crippen LogP contribution in [0.25, 0.3) is 27.9 Å². The van der Waals surface area contributed by atoms with Crippen molar-refractivity contribution in [1.82, 2.24) is 24.7 Å². The van der Waals surface area contributed by atoms with Crippen molar-refractivity contribution in [1.29, 1.82) is 0 Å². The third-order valence-corrected chi connectivity index (χ3v) is 6.11. The molecule has 3 heterocycles. The van der Waals surface area contributed by atoms with Crippen molar-refractivity contribution < 1.29 is 4.79 Å². The van der Waals surface area contributed by atoms with Crippen molar-refractivity contribution in [3.8, 4) is 11.3 Å². The minimum Gasteiger partial charge on any atom is -0.367 e. The van der Waals surface area contributed by atoms with Gasteiger partial charge in [0.1, 0.15) is 0 Å². The number of pyridine rings is 1. The van der Waals surface area contributed by atoms with E-state index in [9.17, 15) is 4.79 Å². The molecule has 2 aromatic carbocycles. The third-order valence-electron chi connectivity index (χ3n) is 6.11. The summed E-state index contributed by atoms with van der Waals surface area (Å²) in [5.41, 5.74) is 6.44. The van der Waals surface area contributed by atoms with Gasteiger partial charge in [-0.3, -0.25) is 14.2 Å². The van der Waals surface area contributed by atoms with Gasteiger partial charge in [-0.1, -0.05) is 30.3 Å². The van der Waals surface area contributed by atoms with Crippen molar-refractivity contribution in [3.63, 3.8) is 0 Å². The molecule has 1 amide bonds. The highest BCUT2D eigenvalue weighted by atomic mass is 16.1. The smallest absolute Gasteiger partial charge is 0.251 e. The van der Waals surface area contributed by atoms with E-state index in [2.05, 4.69) is 32.2 Å². The molecule has 2 N–H and O–H groups in total. The first-order chi connectivity index (χ1) is 16.8. The van der Waals surface area contributed by atoms with E-state index in [1.54, 1.807) is 6.20 Å². The van der Waals surface area contributed by atoms with Gasteiger partial charge in [-0.2, -0.15) is 0 Å². The van der Waals surface area contributed by atoms with Crippen LogP contribution >= 0.6 is 0 Å². The summed E-state index contributed by atoms with van der Waals surface area (Å²) in [5, 5.41) is 6.51. The second kappa shape index (κ2) is 8.59. The van der Waals surface area contributed by atoms with Gasteiger partial charge in [0.15, 0.2) is 11.5 Å². The first-order valence-corrected chi connectivity index (χ1v) is 11.6. The van der Waals surface area contributed by atoms with E-state index in [0.29, 0.717) is 11.6 Å². The van der Waals surface area contributed by atoms with Crippen LogP contribution < -0.4 is 10.6 Å². The molecule has 7 nitrogen and oxygen atoms in total. The molecule has 1 aliphatic carbocycles. The molecule has 0 atom stereocenters. The number of aromatic nitrogens is 4. The number of benzene rings is 2. The zero-order valence-electron chi connectivity index (χ0n) is 18.6. The molecule has 1 saturated carbocycles. The molecule has 6 rings (SSSR count). The molecule has 1 fully saturated rings. The molecule has 0 bridgehead atoms. The number of anilines is 1. The van der Waals surface area contributed by atoms with E-state index in [4.69, 9.17) is 9.97 Å². The number of carbonyl (C=O) groups excluding carboxylic acids is 1. The van der Waals surface area contributed by atoms with Gasteiger partial charge in [0.25, 0.3) is 5.91 Å². The fourth-order valence-corrected chi connectivity index (χ4v) is 4.16. The van der Waals surface area contributed by atoms with Crippen LogP contribution in [0.15, 0.2) is 79.3 Å². The Labute approximate surface area is 196 Å². The van der Waals surface area contributed by atoms with Crippen molar-refractivity contribution >= 4 is 28.4 Å². The van der Waals surface area contributed by atoms with E-state index < -0.39 is 0 Å². The van der Waals surface area contributed by atoms with Crippen molar-refractivity contribution in [2.24, 2.45) is 0 Å². The molecule has 1 aliphatic rings. The average molecular weight is 449 g/mol. The normalized spacial score (nSPS) is 13.3. The number of hydrogen-bond acceptors (Lipinski definition) is 5. The van der Waals surface area contributed by atoms with E-state index in [0.717, 1.165) is 59.6 Å². The van der Waals surface area contributed by atoms with E-state index in [-0.39, 0.29) is 5.91 Å². The molecule has 3 aromatic heterocycles. The number of nitrogens with one attached hydrogen (secondary N) is 2. The Balaban J connectivity index is 1.34. The summed E-state index contributed by atoms with van der Waals surface area (Å²) in [7, 11) is 0. The first-order valence-electron chi connectivity index (χ1n) is 11.6. The molecule has 0 spiro atoms. The Morgan fingerprint density at radius 3 is 2.65 bits per heavy atom. The first kappa shape index (κ1) is 20.4. The summed E-state index contributed by atoms with van der Waals surface area (Å²) in [6.45, 7) is 0.722. The number of hydrogen-bond donors (Lipinski definition) is 2. The highest BCUT2D eigenvalue weighted by Gasteiger charge is 2.23. The summed E-state index contributed by atoms with van der Waals surface area (Å²) in [6, 6.07) is 20.1. The van der Waals surface area contributed by atoms with Crippen LogP contribution in [0.3, 0.4) is 0 Å². The summed E-state index contributed by atoms with van der Waals surface area (Å²) < 4.78 is 2.13. The highest BCUT2D eigenvalue weighted by Crippen LogP contribution is 2.29. The summed E-state index contributed by atoms with van der Waals surface area (Å²) in [5.74, 6) is 0.733. The third kappa shape index (κ3) is 3.96. The summed E-state index contributed by atoms with van der Waals surface area (Å²) in [6.07, 6.45) is 8.52. The Bertz CT molecular complexity index is 1470. The summed E-state index contributed by atoms with van der Waals surface area (Å²) in [4.78, 5) is 26.1. The highest BCUT2D eigenvalue weighted by molar-refractivity contribution is 5.95. The second-order valence-corrected chi connectivity index (χ2v) is 8.61. The Morgan fingerprint density at radius 2 is 1.85 bits per heavy atom. The maximum atomic E-state index is 12.4. The monoisotopic (exact) mass is 448 g/mol. The quantitative estimate of drug-likeness (QED) is 0.383. The molecule has 7 heteroatoms. The van der Waals surface area contributed by atoms with Gasteiger partial charge in [0.2, 0.25) is 0 Å². The van der Waals surface area contributed by atoms with Crippen LogP contribution in [-0.4, -0.2) is 37.8 Å². The van der Waals surface area contributed by atoms with Gasteiger partial charge >= 0.3 is 0 Å². The summed E-state index contributed by atoms with van der Waals surface area (Å²) >= 11 is 0. The number of fused-ring (bicyclic) bond motifs is 3. The van der Waals surface area contributed by atoms with Gasteiger partial charge in [-0.15, -0.1) is 0 Å². The largest absolute Gasteiger partial charge is 0.367 e. The number of para-hydroxylation sites is 2. The van der Waals surface area contributed by atoms with E-state index >= 15 is 0 Å². The van der Waals surface area contributed by atoms with Gasteiger partial charge in [-0.05, 0) is 55.2 Å². The van der Waals surface area contributed by atoms with E-state index in [1.165, 1.54) is 5.56 Å². The molecule has 0 aliphatic heterocycles. The molecule has 5 aromatic rings. The van der Waals surface area contributed by atoms with Crippen LogP contribution in [0.4, 0.5) is 5.82 Å². The standard InChI is InChI=1S/C27H24N6O/c34-27(31-21-11-12-21)20-9-7-19(8-10-20)24-17-30-26-25(29-15-13-18-4-3-14-28-16-18)32-22-5-1-2-6-23(22)33(24)26/h1-10,14,16-17,21H,11-13,15H2,(H,29,32)(H,31,34). The number of amides is 1. The van der Waals surface area contributed by atoms with Gasteiger partial charge in [0, 0.05) is 36.1 Å². The minimum absolute atomic E-state index is 0.0121. The Morgan fingerprint density at radius 1 is 1.00 bits per heavy atom. The van der Waals surface area contributed by atoms with Crippen LogP contribution in [0, 0.1) is 0 Å². The van der Waals surface area contributed by atoms with Crippen molar-refractivity contribution in [3.05, 3.63) is 90.4 Å². The average Bonchev–Trinajstić information content (AvgIpc) is 3.58. The predicted molar refractivity (Wildman–Crippen MR) is 133 cm³/mol. The number of carbonyl (C=O) groups is 1. The van der Waals surface area contributed by atoms with Crippen molar-refractivity contribution in [2.75, 3.05) is 11.9 Å². The van der Waals surface area contributed by atoms with Gasteiger partial charge < -0.3 is 10.6 Å². The van der Waals surface area contributed by atoms with Crippen molar-refractivity contribution in [2.45, 2.75) is 25.3 Å². The Kier molecular flexibility index (Phi) is 5.14. The molecule has 0 saturated heterocycles. The zero-order valence-corrected chi connectivity index (χ0v) is 18.6. The molecule has 168 valence electrons. The number of nitrogens with zero attached hydrogens (tertiary/aromatic N) is 4. The minimum atomic E-state index is -0.0121. The van der Waals surface area contributed by atoms with Crippen LogP contribution in [0.2, 0.25) is 0 Å². The van der Waals surface area contributed by atoms with Crippen LogP contribution in [-0.2, 0) is 6.42 Å². The maximum absolute atomic E-state index is 12.4. The van der Waals surface area contributed by atoms with Crippen LogP contribution in [0.5, 0.6) is 0 Å². The van der Waals surface area contributed by atoms with E-state index in [1.807, 2.05) is 60.9 Å². The molecular formula is C27H24N6O. The fourth-order valence-electron chi connectivity index (χ4n) is 4.16. The number of imidazole rings is 1. The van der Waals surface area contributed by atoms with Crippen LogP contribution in [0.1, 0.15) is 28.8 Å². The lowest BCUT2D eigenvalue weighted by atomic mass is 10.1.